The first-order valence-corrected chi connectivity index (χ1v) is 7.06. The van der Waals surface area contributed by atoms with E-state index in [4.69, 9.17) is 5.11 Å². The van der Waals surface area contributed by atoms with E-state index in [1.54, 1.807) is 0 Å². The third kappa shape index (κ3) is 2.65. The quantitative estimate of drug-likeness (QED) is 0.770. The summed E-state index contributed by atoms with van der Waals surface area (Å²) in [5.41, 5.74) is 0. The van der Waals surface area contributed by atoms with Crippen LogP contribution in [0.1, 0.15) is 46.0 Å². The van der Waals surface area contributed by atoms with Crippen molar-refractivity contribution in [3.05, 3.63) is 0 Å². The van der Waals surface area contributed by atoms with Crippen molar-refractivity contribution in [2.45, 2.75) is 52.0 Å². The van der Waals surface area contributed by atoms with Gasteiger partial charge in [0.2, 0.25) is 5.91 Å². The van der Waals surface area contributed by atoms with Crippen molar-refractivity contribution in [3.63, 3.8) is 0 Å². The lowest BCUT2D eigenvalue weighted by molar-refractivity contribution is -0.127. The molecule has 17 heavy (non-hydrogen) atoms. The minimum atomic E-state index is 0.147. The van der Waals surface area contributed by atoms with Gasteiger partial charge in [0.25, 0.3) is 0 Å². The van der Waals surface area contributed by atoms with Crippen LogP contribution >= 0.6 is 0 Å². The van der Waals surface area contributed by atoms with E-state index in [9.17, 15) is 4.79 Å². The van der Waals surface area contributed by atoms with Gasteiger partial charge in [-0.05, 0) is 43.4 Å². The average Bonchev–Trinajstić information content (AvgIpc) is 2.63. The highest BCUT2D eigenvalue weighted by Crippen LogP contribution is 2.49. The van der Waals surface area contributed by atoms with E-state index in [-0.39, 0.29) is 11.8 Å². The fraction of sp³-hybridized carbons (Fsp3) is 0.929. The molecule has 98 valence electrons. The Balaban J connectivity index is 1.77. The normalized spacial score (nSPS) is 37.1. The molecule has 5 atom stereocenters. The van der Waals surface area contributed by atoms with Crippen LogP contribution in [0.2, 0.25) is 0 Å². The van der Waals surface area contributed by atoms with E-state index in [0.29, 0.717) is 24.5 Å². The van der Waals surface area contributed by atoms with Crippen LogP contribution in [0.3, 0.4) is 0 Å². The van der Waals surface area contributed by atoms with Crippen molar-refractivity contribution in [1.29, 1.82) is 0 Å². The standard InChI is InChI=1S/C14H25NO2/c1-3-4-9(2)14(17)15-13-7-11-5-10(8-16)6-12(11)13/h9-13,16H,3-8H2,1-2H3,(H,15,17). The minimum absolute atomic E-state index is 0.147. The van der Waals surface area contributed by atoms with Gasteiger partial charge in [-0.3, -0.25) is 4.79 Å². The molecule has 0 aromatic rings. The van der Waals surface area contributed by atoms with Gasteiger partial charge in [-0.25, -0.2) is 0 Å². The van der Waals surface area contributed by atoms with Crippen LogP contribution in [0.15, 0.2) is 0 Å². The molecule has 2 saturated carbocycles. The molecule has 0 aliphatic heterocycles. The van der Waals surface area contributed by atoms with E-state index in [0.717, 1.165) is 38.0 Å². The first kappa shape index (κ1) is 12.9. The smallest absolute Gasteiger partial charge is 0.223 e. The van der Waals surface area contributed by atoms with Gasteiger partial charge < -0.3 is 10.4 Å². The van der Waals surface area contributed by atoms with Gasteiger partial charge in [-0.15, -0.1) is 0 Å². The maximum Gasteiger partial charge on any atom is 0.223 e. The van der Waals surface area contributed by atoms with E-state index >= 15 is 0 Å². The molecule has 2 fully saturated rings. The van der Waals surface area contributed by atoms with E-state index in [1.165, 1.54) is 0 Å². The van der Waals surface area contributed by atoms with Gasteiger partial charge in [-0.2, -0.15) is 0 Å². The molecule has 0 saturated heterocycles. The maximum absolute atomic E-state index is 11.9. The largest absolute Gasteiger partial charge is 0.396 e. The molecule has 0 heterocycles. The van der Waals surface area contributed by atoms with Crippen LogP contribution in [-0.4, -0.2) is 23.7 Å². The van der Waals surface area contributed by atoms with Crippen molar-refractivity contribution >= 4 is 5.91 Å². The second kappa shape index (κ2) is 5.38. The Labute approximate surface area is 104 Å². The summed E-state index contributed by atoms with van der Waals surface area (Å²) in [6, 6.07) is 0.392. The Morgan fingerprint density at radius 3 is 2.82 bits per heavy atom. The summed E-state index contributed by atoms with van der Waals surface area (Å²) >= 11 is 0. The van der Waals surface area contributed by atoms with Crippen LogP contribution in [-0.2, 0) is 4.79 Å². The minimum Gasteiger partial charge on any atom is -0.396 e. The number of nitrogens with one attached hydrogen (secondary N) is 1. The summed E-state index contributed by atoms with van der Waals surface area (Å²) in [6.45, 7) is 4.45. The molecule has 3 heteroatoms. The zero-order chi connectivity index (χ0) is 12.4. The number of fused-ring (bicyclic) bond motifs is 1. The molecule has 2 N–H and O–H groups in total. The Hall–Kier alpha value is -0.570. The zero-order valence-corrected chi connectivity index (χ0v) is 11.0. The van der Waals surface area contributed by atoms with Gasteiger partial charge >= 0.3 is 0 Å². The fourth-order valence-corrected chi connectivity index (χ4v) is 3.55. The molecule has 2 rings (SSSR count). The van der Waals surface area contributed by atoms with Crippen molar-refractivity contribution in [1.82, 2.24) is 5.32 Å². The lowest BCUT2D eigenvalue weighted by Crippen LogP contribution is -2.51. The molecular formula is C14H25NO2. The zero-order valence-electron chi connectivity index (χ0n) is 11.0. The van der Waals surface area contributed by atoms with Crippen molar-refractivity contribution in [2.24, 2.45) is 23.7 Å². The number of hydrogen-bond acceptors (Lipinski definition) is 2. The first-order chi connectivity index (χ1) is 8.15. The summed E-state index contributed by atoms with van der Waals surface area (Å²) in [6.07, 6.45) is 5.45. The summed E-state index contributed by atoms with van der Waals surface area (Å²) in [5, 5.41) is 12.4. The average molecular weight is 239 g/mol. The van der Waals surface area contributed by atoms with Gasteiger partial charge in [0, 0.05) is 18.6 Å². The van der Waals surface area contributed by atoms with Crippen LogP contribution in [0.25, 0.3) is 0 Å². The lowest BCUT2D eigenvalue weighted by atomic mass is 9.71. The third-order valence-electron chi connectivity index (χ3n) is 4.68. The summed E-state index contributed by atoms with van der Waals surface area (Å²) < 4.78 is 0. The number of rotatable bonds is 5. The molecule has 0 spiro atoms. The second-order valence-electron chi connectivity index (χ2n) is 5.98. The topological polar surface area (TPSA) is 49.3 Å². The third-order valence-corrected chi connectivity index (χ3v) is 4.68. The molecule has 3 nitrogen and oxygen atoms in total. The highest BCUT2D eigenvalue weighted by Gasteiger charge is 2.47. The van der Waals surface area contributed by atoms with E-state index in [1.807, 2.05) is 6.92 Å². The number of carbonyl (C=O) groups excluding carboxylic acids is 1. The number of carbonyl (C=O) groups is 1. The number of aliphatic hydroxyl groups is 1. The first-order valence-electron chi connectivity index (χ1n) is 7.06. The summed E-state index contributed by atoms with van der Waals surface area (Å²) in [7, 11) is 0. The maximum atomic E-state index is 11.9. The predicted octanol–water partition coefficient (Wildman–Crippen LogP) is 1.95. The number of amides is 1. The molecule has 0 aromatic carbocycles. The second-order valence-corrected chi connectivity index (χ2v) is 5.98. The monoisotopic (exact) mass is 239 g/mol. The summed E-state index contributed by atoms with van der Waals surface area (Å²) in [5.74, 6) is 2.26. The van der Waals surface area contributed by atoms with Gasteiger partial charge in [0.15, 0.2) is 0 Å². The Kier molecular flexibility index (Phi) is 4.08. The fourth-order valence-electron chi connectivity index (χ4n) is 3.55. The van der Waals surface area contributed by atoms with Crippen molar-refractivity contribution < 1.29 is 9.90 Å². The molecule has 0 bridgehead atoms. The molecule has 5 unspecified atom stereocenters. The Morgan fingerprint density at radius 2 is 2.18 bits per heavy atom. The number of hydrogen-bond donors (Lipinski definition) is 2. The van der Waals surface area contributed by atoms with E-state index < -0.39 is 0 Å². The Bertz CT molecular complexity index is 279. The van der Waals surface area contributed by atoms with Crippen LogP contribution in [0.4, 0.5) is 0 Å². The lowest BCUT2D eigenvalue weighted by Gasteiger charge is -2.41. The van der Waals surface area contributed by atoms with Crippen molar-refractivity contribution in [2.75, 3.05) is 6.61 Å². The Morgan fingerprint density at radius 1 is 1.41 bits per heavy atom. The molecule has 0 radical (unpaired) electrons. The van der Waals surface area contributed by atoms with Crippen LogP contribution < -0.4 is 5.32 Å². The van der Waals surface area contributed by atoms with Crippen LogP contribution in [0.5, 0.6) is 0 Å². The van der Waals surface area contributed by atoms with E-state index in [2.05, 4.69) is 12.2 Å². The molecule has 0 aromatic heterocycles. The predicted molar refractivity (Wildman–Crippen MR) is 67.4 cm³/mol. The molecule has 1 amide bonds. The highest BCUT2D eigenvalue weighted by molar-refractivity contribution is 5.78. The van der Waals surface area contributed by atoms with Crippen LogP contribution in [0, 0.1) is 23.7 Å². The SMILES string of the molecule is CCCC(C)C(=O)NC1CC2CC(CO)CC21. The van der Waals surface area contributed by atoms with Gasteiger partial charge in [0.1, 0.15) is 0 Å². The summed E-state index contributed by atoms with van der Waals surface area (Å²) in [4.78, 5) is 11.9. The van der Waals surface area contributed by atoms with Gasteiger partial charge in [-0.1, -0.05) is 20.3 Å². The van der Waals surface area contributed by atoms with Gasteiger partial charge in [0.05, 0.1) is 0 Å². The van der Waals surface area contributed by atoms with Crippen molar-refractivity contribution in [3.8, 4) is 0 Å². The number of aliphatic hydroxyl groups excluding tert-OH is 1. The molecule has 2 aliphatic carbocycles. The molecule has 2 aliphatic rings. The molecular weight excluding hydrogens is 214 g/mol. The highest BCUT2D eigenvalue weighted by atomic mass is 16.3.